The van der Waals surface area contributed by atoms with Crippen LogP contribution in [0.15, 0.2) is 47.4 Å². The van der Waals surface area contributed by atoms with Crippen LogP contribution in [-0.2, 0) is 10.0 Å². The largest absolute Gasteiger partial charge is 0.366 e. The molecule has 2 aromatic carbocycles. The Morgan fingerprint density at radius 2 is 1.91 bits per heavy atom. The van der Waals surface area contributed by atoms with Gasteiger partial charge in [0.1, 0.15) is 0 Å². The zero-order chi connectivity index (χ0) is 16.3. The molecule has 0 spiro atoms. The number of carbonyl (C=O) groups excluding carboxylic acids is 1. The summed E-state index contributed by atoms with van der Waals surface area (Å²) in [6, 6.07) is 12.1. The van der Waals surface area contributed by atoms with Gasteiger partial charge in [0.2, 0.25) is 5.91 Å². The Hall–Kier alpha value is -2.85. The average Bonchev–Trinajstić information content (AvgIpc) is 2.49. The second-order valence-electron chi connectivity index (χ2n) is 4.59. The lowest BCUT2D eigenvalue weighted by atomic mass is 10.1. The fourth-order valence-corrected chi connectivity index (χ4v) is 3.12. The number of benzene rings is 2. The summed E-state index contributed by atoms with van der Waals surface area (Å²) in [5, 5.41) is 8.84. The second kappa shape index (κ2) is 5.87. The highest BCUT2D eigenvalue weighted by molar-refractivity contribution is 7.92. The summed E-state index contributed by atoms with van der Waals surface area (Å²) in [7, 11) is -3.86. The number of sulfonamides is 1. The molecule has 3 N–H and O–H groups in total. The molecule has 0 unspecified atom stereocenters. The van der Waals surface area contributed by atoms with Crippen LogP contribution in [0.3, 0.4) is 0 Å². The fraction of sp³-hybridized carbons (Fsp3) is 0.0667. The number of rotatable bonds is 4. The number of nitrogens with one attached hydrogen (secondary N) is 1. The van der Waals surface area contributed by atoms with Crippen molar-refractivity contribution in [1.29, 1.82) is 5.26 Å². The van der Waals surface area contributed by atoms with Crippen molar-refractivity contribution in [2.45, 2.75) is 11.8 Å². The van der Waals surface area contributed by atoms with Crippen LogP contribution in [0, 0.1) is 18.3 Å². The maximum absolute atomic E-state index is 12.4. The van der Waals surface area contributed by atoms with Gasteiger partial charge >= 0.3 is 0 Å². The van der Waals surface area contributed by atoms with Gasteiger partial charge in [-0.1, -0.05) is 12.1 Å². The minimum Gasteiger partial charge on any atom is -0.366 e. The topological polar surface area (TPSA) is 113 Å². The number of hydrogen-bond donors (Lipinski definition) is 2. The summed E-state index contributed by atoms with van der Waals surface area (Å²) < 4.78 is 27.1. The van der Waals surface area contributed by atoms with Gasteiger partial charge in [0.15, 0.2) is 0 Å². The molecule has 0 atom stereocenters. The van der Waals surface area contributed by atoms with E-state index in [0.717, 1.165) is 0 Å². The molecule has 0 radical (unpaired) electrons. The van der Waals surface area contributed by atoms with Gasteiger partial charge in [-0.3, -0.25) is 9.52 Å². The Morgan fingerprint density at radius 1 is 1.23 bits per heavy atom. The molecule has 2 aromatic rings. The molecule has 0 aliphatic rings. The van der Waals surface area contributed by atoms with Gasteiger partial charge in [-0.05, 0) is 42.8 Å². The predicted molar refractivity (Wildman–Crippen MR) is 81.7 cm³/mol. The van der Waals surface area contributed by atoms with E-state index < -0.39 is 15.9 Å². The minimum absolute atomic E-state index is 0.0320. The predicted octanol–water partition coefficient (Wildman–Crippen LogP) is 1.77. The number of nitriles is 1. The third-order valence-corrected chi connectivity index (χ3v) is 4.48. The van der Waals surface area contributed by atoms with E-state index in [4.69, 9.17) is 11.0 Å². The summed E-state index contributed by atoms with van der Waals surface area (Å²) in [5.41, 5.74) is 6.43. The van der Waals surface area contributed by atoms with E-state index in [1.165, 1.54) is 42.5 Å². The molecule has 1 amide bonds. The summed E-state index contributed by atoms with van der Waals surface area (Å²) in [6.07, 6.45) is 0. The molecule has 0 aliphatic heterocycles. The molecule has 0 aromatic heterocycles. The van der Waals surface area contributed by atoms with E-state index in [-0.39, 0.29) is 21.7 Å². The Bertz CT molecular complexity index is 883. The first kappa shape index (κ1) is 15.5. The standard InChI is InChI=1S/C15H13N3O3S/c1-10-13(15(17)19)6-3-7-14(10)18-22(20,21)12-5-2-4-11(8-12)9-16/h2-8,18H,1H3,(H2,17,19). The zero-order valence-corrected chi connectivity index (χ0v) is 12.5. The maximum atomic E-state index is 12.4. The van der Waals surface area contributed by atoms with Crippen LogP contribution in [0.25, 0.3) is 0 Å². The molecule has 6 nitrogen and oxygen atoms in total. The van der Waals surface area contributed by atoms with Crippen LogP contribution in [0.2, 0.25) is 0 Å². The van der Waals surface area contributed by atoms with Gasteiger partial charge in [0, 0.05) is 5.56 Å². The molecule has 0 saturated carbocycles. The van der Waals surface area contributed by atoms with Crippen LogP contribution in [0.4, 0.5) is 5.69 Å². The van der Waals surface area contributed by atoms with Crippen LogP contribution < -0.4 is 10.5 Å². The number of amides is 1. The molecule has 2 rings (SSSR count). The third kappa shape index (κ3) is 3.07. The lowest BCUT2D eigenvalue weighted by molar-refractivity contribution is 0.0999. The van der Waals surface area contributed by atoms with Gasteiger partial charge < -0.3 is 5.73 Å². The van der Waals surface area contributed by atoms with E-state index >= 15 is 0 Å². The average molecular weight is 315 g/mol. The summed E-state index contributed by atoms with van der Waals surface area (Å²) >= 11 is 0. The van der Waals surface area contributed by atoms with Crippen molar-refractivity contribution in [1.82, 2.24) is 0 Å². The van der Waals surface area contributed by atoms with Crippen molar-refractivity contribution in [3.8, 4) is 6.07 Å². The molecule has 0 heterocycles. The summed E-state index contributed by atoms with van der Waals surface area (Å²) in [4.78, 5) is 11.3. The SMILES string of the molecule is Cc1c(NS(=O)(=O)c2cccc(C#N)c2)cccc1C(N)=O. The van der Waals surface area contributed by atoms with Crippen LogP contribution >= 0.6 is 0 Å². The Kier molecular flexibility index (Phi) is 4.15. The van der Waals surface area contributed by atoms with Crippen LogP contribution in [0.1, 0.15) is 21.5 Å². The van der Waals surface area contributed by atoms with E-state index in [1.807, 2.05) is 6.07 Å². The Morgan fingerprint density at radius 3 is 2.55 bits per heavy atom. The molecular weight excluding hydrogens is 302 g/mol. The monoisotopic (exact) mass is 315 g/mol. The van der Waals surface area contributed by atoms with Gasteiger partial charge in [-0.15, -0.1) is 0 Å². The van der Waals surface area contributed by atoms with Crippen molar-refractivity contribution in [2.75, 3.05) is 4.72 Å². The van der Waals surface area contributed by atoms with Gasteiger partial charge in [0.05, 0.1) is 22.2 Å². The van der Waals surface area contributed by atoms with Crippen LogP contribution in [0.5, 0.6) is 0 Å². The van der Waals surface area contributed by atoms with E-state index in [2.05, 4.69) is 4.72 Å². The molecular formula is C15H13N3O3S. The Labute approximate surface area is 128 Å². The highest BCUT2D eigenvalue weighted by Gasteiger charge is 2.17. The first-order valence-corrected chi connectivity index (χ1v) is 7.76. The smallest absolute Gasteiger partial charge is 0.261 e. The number of nitrogens with zero attached hydrogens (tertiary/aromatic N) is 1. The zero-order valence-electron chi connectivity index (χ0n) is 11.7. The summed E-state index contributed by atoms with van der Waals surface area (Å²) in [6.45, 7) is 1.60. The first-order chi connectivity index (χ1) is 10.3. The van der Waals surface area contributed by atoms with E-state index in [1.54, 1.807) is 6.92 Å². The summed E-state index contributed by atoms with van der Waals surface area (Å²) in [5.74, 6) is -0.634. The van der Waals surface area contributed by atoms with Crippen molar-refractivity contribution in [3.63, 3.8) is 0 Å². The fourth-order valence-electron chi connectivity index (χ4n) is 1.95. The van der Waals surface area contributed by atoms with Gasteiger partial charge in [-0.25, -0.2) is 8.42 Å². The van der Waals surface area contributed by atoms with Gasteiger partial charge in [-0.2, -0.15) is 5.26 Å². The number of carbonyl (C=O) groups is 1. The lowest BCUT2D eigenvalue weighted by Crippen LogP contribution is -2.17. The van der Waals surface area contributed by atoms with Crippen molar-refractivity contribution >= 4 is 21.6 Å². The first-order valence-electron chi connectivity index (χ1n) is 6.27. The molecule has 0 saturated heterocycles. The quantitative estimate of drug-likeness (QED) is 0.895. The lowest BCUT2D eigenvalue weighted by Gasteiger charge is -2.12. The number of primary amides is 1. The van der Waals surface area contributed by atoms with Gasteiger partial charge in [0.25, 0.3) is 10.0 Å². The second-order valence-corrected chi connectivity index (χ2v) is 6.27. The van der Waals surface area contributed by atoms with Crippen molar-refractivity contribution in [3.05, 3.63) is 59.2 Å². The molecule has 7 heteroatoms. The third-order valence-electron chi connectivity index (χ3n) is 3.12. The molecule has 112 valence electrons. The highest BCUT2D eigenvalue weighted by atomic mass is 32.2. The Balaban J connectivity index is 2.44. The highest BCUT2D eigenvalue weighted by Crippen LogP contribution is 2.22. The maximum Gasteiger partial charge on any atom is 0.261 e. The van der Waals surface area contributed by atoms with Crippen molar-refractivity contribution in [2.24, 2.45) is 5.73 Å². The number of anilines is 1. The van der Waals surface area contributed by atoms with Crippen LogP contribution in [-0.4, -0.2) is 14.3 Å². The normalized spacial score (nSPS) is 10.7. The molecule has 0 fully saturated rings. The molecule has 0 aliphatic carbocycles. The number of nitrogens with two attached hydrogens (primary N) is 1. The van der Waals surface area contributed by atoms with E-state index in [0.29, 0.717) is 5.56 Å². The molecule has 22 heavy (non-hydrogen) atoms. The van der Waals surface area contributed by atoms with E-state index in [9.17, 15) is 13.2 Å². The molecule has 0 bridgehead atoms. The number of hydrogen-bond acceptors (Lipinski definition) is 4. The van der Waals surface area contributed by atoms with Crippen molar-refractivity contribution < 1.29 is 13.2 Å². The minimum atomic E-state index is -3.86.